The Hall–Kier alpha value is -2.20. The Labute approximate surface area is 115 Å². The third kappa shape index (κ3) is 2.30. The Kier molecular flexibility index (Phi) is 3.24. The van der Waals surface area contributed by atoms with E-state index in [0.29, 0.717) is 18.7 Å². The van der Waals surface area contributed by atoms with Crippen LogP contribution in [0.4, 0.5) is 8.78 Å². The minimum absolute atomic E-state index is 0.301. The highest BCUT2D eigenvalue weighted by Gasteiger charge is 2.07. The third-order valence-corrected chi connectivity index (χ3v) is 3.42. The van der Waals surface area contributed by atoms with Gasteiger partial charge in [0.05, 0.1) is 6.54 Å². The van der Waals surface area contributed by atoms with Gasteiger partial charge in [-0.3, -0.25) is 0 Å². The second kappa shape index (κ2) is 5.06. The Morgan fingerprint density at radius 3 is 2.65 bits per heavy atom. The summed E-state index contributed by atoms with van der Waals surface area (Å²) < 4.78 is 28.8. The smallest absolute Gasteiger partial charge is 0.128 e. The minimum atomic E-state index is -0.428. The van der Waals surface area contributed by atoms with Gasteiger partial charge in [-0.2, -0.15) is 0 Å². The first-order valence-corrected chi connectivity index (χ1v) is 6.39. The molecule has 0 atom stereocenters. The summed E-state index contributed by atoms with van der Waals surface area (Å²) in [4.78, 5) is 0. The molecule has 2 aromatic carbocycles. The molecule has 1 heterocycles. The molecule has 3 aromatic rings. The van der Waals surface area contributed by atoms with E-state index in [1.807, 2.05) is 35.0 Å². The number of aromatic nitrogens is 1. The summed E-state index contributed by atoms with van der Waals surface area (Å²) in [5.74, 6) is -0.824. The molecule has 0 fully saturated rings. The average molecular weight is 272 g/mol. The SMILES string of the molecule is NCc1ccc2c(ccn2Cc2cc(F)ccc2F)c1. The second-order valence-electron chi connectivity index (χ2n) is 4.78. The van der Waals surface area contributed by atoms with E-state index < -0.39 is 11.6 Å². The van der Waals surface area contributed by atoms with Crippen molar-refractivity contribution >= 4 is 10.9 Å². The second-order valence-corrected chi connectivity index (χ2v) is 4.78. The van der Waals surface area contributed by atoms with Gasteiger partial charge in [0.25, 0.3) is 0 Å². The minimum Gasteiger partial charge on any atom is -0.343 e. The molecule has 3 rings (SSSR count). The number of fused-ring (bicyclic) bond motifs is 1. The van der Waals surface area contributed by atoms with E-state index in [2.05, 4.69) is 0 Å². The first kappa shape index (κ1) is 12.8. The summed E-state index contributed by atoms with van der Waals surface area (Å²) in [6.07, 6.45) is 1.87. The molecule has 0 aliphatic heterocycles. The zero-order valence-electron chi connectivity index (χ0n) is 10.8. The van der Waals surface area contributed by atoms with Crippen LogP contribution in [0.15, 0.2) is 48.7 Å². The molecule has 0 aliphatic rings. The molecule has 0 saturated carbocycles. The van der Waals surface area contributed by atoms with Crippen molar-refractivity contribution in [2.45, 2.75) is 13.1 Å². The highest BCUT2D eigenvalue weighted by molar-refractivity contribution is 5.81. The van der Waals surface area contributed by atoms with Crippen LogP contribution in [0.1, 0.15) is 11.1 Å². The maximum Gasteiger partial charge on any atom is 0.128 e. The molecule has 102 valence electrons. The van der Waals surface area contributed by atoms with E-state index in [1.165, 1.54) is 6.07 Å². The van der Waals surface area contributed by atoms with Crippen LogP contribution in [-0.2, 0) is 13.1 Å². The monoisotopic (exact) mass is 272 g/mol. The van der Waals surface area contributed by atoms with Crippen molar-refractivity contribution in [3.8, 4) is 0 Å². The zero-order chi connectivity index (χ0) is 14.1. The molecule has 0 bridgehead atoms. The summed E-state index contributed by atoms with van der Waals surface area (Å²) in [6.45, 7) is 0.786. The van der Waals surface area contributed by atoms with Crippen LogP contribution < -0.4 is 5.73 Å². The van der Waals surface area contributed by atoms with E-state index in [-0.39, 0.29) is 0 Å². The molecule has 2 N–H and O–H groups in total. The van der Waals surface area contributed by atoms with Gasteiger partial charge in [-0.05, 0) is 47.3 Å². The predicted octanol–water partition coefficient (Wildman–Crippen LogP) is 3.43. The van der Waals surface area contributed by atoms with Crippen molar-refractivity contribution in [1.29, 1.82) is 0 Å². The fourth-order valence-corrected chi connectivity index (χ4v) is 2.36. The Morgan fingerprint density at radius 2 is 1.85 bits per heavy atom. The molecule has 0 amide bonds. The van der Waals surface area contributed by atoms with Crippen molar-refractivity contribution in [2.75, 3.05) is 0 Å². The standard InChI is InChI=1S/C16H14F2N2/c17-14-2-3-15(18)13(8-14)10-20-6-5-12-7-11(9-19)1-4-16(12)20/h1-8H,9-10,19H2. The van der Waals surface area contributed by atoms with Gasteiger partial charge in [0.1, 0.15) is 11.6 Å². The van der Waals surface area contributed by atoms with Gasteiger partial charge < -0.3 is 10.3 Å². The molecule has 0 radical (unpaired) electrons. The van der Waals surface area contributed by atoms with Gasteiger partial charge >= 0.3 is 0 Å². The van der Waals surface area contributed by atoms with Gasteiger partial charge in [-0.15, -0.1) is 0 Å². The molecule has 0 unspecified atom stereocenters. The summed E-state index contributed by atoms with van der Waals surface area (Å²) in [5, 5.41) is 1.05. The highest BCUT2D eigenvalue weighted by atomic mass is 19.1. The lowest BCUT2D eigenvalue weighted by molar-refractivity contribution is 0.579. The maximum atomic E-state index is 13.7. The summed E-state index contributed by atoms with van der Waals surface area (Å²) in [6, 6.07) is 11.4. The van der Waals surface area contributed by atoms with Crippen LogP contribution >= 0.6 is 0 Å². The fraction of sp³-hybridized carbons (Fsp3) is 0.125. The molecule has 0 saturated heterocycles. The highest BCUT2D eigenvalue weighted by Crippen LogP contribution is 2.20. The first-order valence-electron chi connectivity index (χ1n) is 6.39. The molecule has 0 spiro atoms. The first-order chi connectivity index (χ1) is 9.67. The number of hydrogen-bond donors (Lipinski definition) is 1. The largest absolute Gasteiger partial charge is 0.343 e. The Bertz CT molecular complexity index is 762. The summed E-state index contributed by atoms with van der Waals surface area (Å²) >= 11 is 0. The van der Waals surface area contributed by atoms with Gasteiger partial charge in [0.15, 0.2) is 0 Å². The van der Waals surface area contributed by atoms with Crippen LogP contribution in [0.2, 0.25) is 0 Å². The third-order valence-electron chi connectivity index (χ3n) is 3.42. The summed E-state index contributed by atoms with van der Waals surface area (Å²) in [5.41, 5.74) is 7.97. The van der Waals surface area contributed by atoms with Crippen LogP contribution in [0, 0.1) is 11.6 Å². The number of rotatable bonds is 3. The van der Waals surface area contributed by atoms with Gasteiger partial charge in [0.2, 0.25) is 0 Å². The maximum absolute atomic E-state index is 13.7. The predicted molar refractivity (Wildman–Crippen MR) is 75.3 cm³/mol. The molecular formula is C16H14F2N2. The number of nitrogens with zero attached hydrogens (tertiary/aromatic N) is 1. The normalized spacial score (nSPS) is 11.2. The summed E-state index contributed by atoms with van der Waals surface area (Å²) in [7, 11) is 0. The van der Waals surface area contributed by atoms with Crippen molar-refractivity contribution in [1.82, 2.24) is 4.57 Å². The van der Waals surface area contributed by atoms with Crippen LogP contribution in [0.3, 0.4) is 0 Å². The van der Waals surface area contributed by atoms with Crippen molar-refractivity contribution in [3.05, 3.63) is 71.4 Å². The molecule has 2 nitrogen and oxygen atoms in total. The molecule has 1 aromatic heterocycles. The number of benzene rings is 2. The van der Waals surface area contributed by atoms with E-state index in [0.717, 1.165) is 28.6 Å². The van der Waals surface area contributed by atoms with Crippen LogP contribution in [0.5, 0.6) is 0 Å². The van der Waals surface area contributed by atoms with Crippen LogP contribution in [-0.4, -0.2) is 4.57 Å². The Morgan fingerprint density at radius 1 is 1.00 bits per heavy atom. The van der Waals surface area contributed by atoms with Crippen molar-refractivity contribution < 1.29 is 8.78 Å². The quantitative estimate of drug-likeness (QED) is 0.778. The van der Waals surface area contributed by atoms with E-state index in [9.17, 15) is 8.78 Å². The number of nitrogens with two attached hydrogens (primary N) is 1. The zero-order valence-corrected chi connectivity index (χ0v) is 10.8. The topological polar surface area (TPSA) is 30.9 Å². The lowest BCUT2D eigenvalue weighted by atomic mass is 10.1. The van der Waals surface area contributed by atoms with Crippen LogP contribution in [0.25, 0.3) is 10.9 Å². The van der Waals surface area contributed by atoms with E-state index >= 15 is 0 Å². The lowest BCUT2D eigenvalue weighted by Gasteiger charge is -2.07. The van der Waals surface area contributed by atoms with Gasteiger partial charge in [0, 0.05) is 23.8 Å². The molecular weight excluding hydrogens is 258 g/mol. The van der Waals surface area contributed by atoms with Crippen molar-refractivity contribution in [3.63, 3.8) is 0 Å². The molecule has 4 heteroatoms. The van der Waals surface area contributed by atoms with Crippen molar-refractivity contribution in [2.24, 2.45) is 5.73 Å². The van der Waals surface area contributed by atoms with E-state index in [4.69, 9.17) is 5.73 Å². The fourth-order valence-electron chi connectivity index (χ4n) is 2.36. The van der Waals surface area contributed by atoms with Gasteiger partial charge in [-0.25, -0.2) is 8.78 Å². The average Bonchev–Trinajstić information content (AvgIpc) is 2.85. The Balaban J connectivity index is 2.00. The lowest BCUT2D eigenvalue weighted by Crippen LogP contribution is -2.01. The number of hydrogen-bond acceptors (Lipinski definition) is 1. The molecule has 20 heavy (non-hydrogen) atoms. The number of halogens is 2. The van der Waals surface area contributed by atoms with E-state index in [1.54, 1.807) is 0 Å². The molecule has 0 aliphatic carbocycles. The van der Waals surface area contributed by atoms with Gasteiger partial charge in [-0.1, -0.05) is 6.07 Å².